The summed E-state index contributed by atoms with van der Waals surface area (Å²) < 4.78 is 7.00. The van der Waals surface area contributed by atoms with Gasteiger partial charge in [-0.05, 0) is 17.9 Å². The highest BCUT2D eigenvalue weighted by atomic mass is 32.1. The lowest BCUT2D eigenvalue weighted by atomic mass is 10.3. The van der Waals surface area contributed by atoms with Crippen molar-refractivity contribution in [3.63, 3.8) is 0 Å². The highest BCUT2D eigenvalue weighted by Gasteiger charge is 2.09. The molecule has 0 fully saturated rings. The van der Waals surface area contributed by atoms with Gasteiger partial charge in [0.25, 0.3) is 0 Å². The summed E-state index contributed by atoms with van der Waals surface area (Å²) in [7, 11) is 0. The Balaban J connectivity index is 1.51. The Kier molecular flexibility index (Phi) is 4.37. The van der Waals surface area contributed by atoms with Gasteiger partial charge < -0.3 is 9.63 Å². The molecule has 0 saturated heterocycles. The number of aliphatic hydroxyl groups excluding tert-OH is 1. The van der Waals surface area contributed by atoms with Gasteiger partial charge >= 0.3 is 0 Å². The minimum Gasteiger partial charge on any atom is -0.396 e. The second-order valence-corrected chi connectivity index (χ2v) is 5.49. The van der Waals surface area contributed by atoms with Crippen LogP contribution in [0.3, 0.4) is 0 Å². The van der Waals surface area contributed by atoms with Crippen LogP contribution in [0.1, 0.15) is 18.0 Å². The number of hydrogen-bond acceptors (Lipinski definition) is 7. The average Bonchev–Trinajstić information content (AvgIpc) is 3.20. The zero-order valence-corrected chi connectivity index (χ0v) is 12.2. The standard InChI is InChI=1S/C13H15N5O2S/c19-7-5-10-9-18(17-15-10)6-1-4-12-14-13(16-20-12)11-3-2-8-21-11/h2-3,8-9,19H,1,4-7H2. The lowest BCUT2D eigenvalue weighted by Crippen LogP contribution is -2.00. The van der Waals surface area contributed by atoms with Crippen molar-refractivity contribution < 1.29 is 9.63 Å². The van der Waals surface area contributed by atoms with Crippen LogP contribution in [0.25, 0.3) is 10.7 Å². The zero-order valence-electron chi connectivity index (χ0n) is 11.3. The van der Waals surface area contributed by atoms with Gasteiger partial charge in [-0.1, -0.05) is 16.4 Å². The highest BCUT2D eigenvalue weighted by molar-refractivity contribution is 7.13. The fraction of sp³-hybridized carbons (Fsp3) is 0.385. The van der Waals surface area contributed by atoms with Crippen LogP contribution in [0.4, 0.5) is 0 Å². The summed E-state index contributed by atoms with van der Waals surface area (Å²) in [5, 5.41) is 22.8. The third kappa shape index (κ3) is 3.53. The number of hydrogen-bond donors (Lipinski definition) is 1. The molecule has 0 radical (unpaired) electrons. The maximum Gasteiger partial charge on any atom is 0.227 e. The van der Waals surface area contributed by atoms with E-state index in [1.54, 1.807) is 16.0 Å². The van der Waals surface area contributed by atoms with Crippen LogP contribution in [-0.2, 0) is 19.4 Å². The van der Waals surface area contributed by atoms with Crippen LogP contribution in [0.2, 0.25) is 0 Å². The molecular formula is C13H15N5O2S. The van der Waals surface area contributed by atoms with Gasteiger partial charge in [0.2, 0.25) is 11.7 Å². The summed E-state index contributed by atoms with van der Waals surface area (Å²) in [6.07, 6.45) is 3.93. The van der Waals surface area contributed by atoms with E-state index in [0.717, 1.165) is 23.5 Å². The fourth-order valence-electron chi connectivity index (χ4n) is 1.93. The van der Waals surface area contributed by atoms with Crippen molar-refractivity contribution in [3.05, 3.63) is 35.3 Å². The van der Waals surface area contributed by atoms with Gasteiger partial charge in [0, 0.05) is 32.2 Å². The minimum absolute atomic E-state index is 0.0895. The van der Waals surface area contributed by atoms with Crippen LogP contribution >= 0.6 is 11.3 Å². The van der Waals surface area contributed by atoms with Crippen molar-refractivity contribution in [1.82, 2.24) is 25.1 Å². The van der Waals surface area contributed by atoms with Gasteiger partial charge in [-0.25, -0.2) is 0 Å². The predicted octanol–water partition coefficient (Wildman–Crippen LogP) is 1.56. The van der Waals surface area contributed by atoms with Crippen LogP contribution < -0.4 is 0 Å². The predicted molar refractivity (Wildman–Crippen MR) is 76.7 cm³/mol. The SMILES string of the molecule is OCCc1cn(CCCc2nc(-c3cccs3)no2)nn1. The van der Waals surface area contributed by atoms with Gasteiger partial charge in [0.05, 0.1) is 10.6 Å². The van der Waals surface area contributed by atoms with Crippen LogP contribution in [0.5, 0.6) is 0 Å². The molecule has 3 aromatic heterocycles. The van der Waals surface area contributed by atoms with Crippen molar-refractivity contribution in [2.75, 3.05) is 6.61 Å². The second kappa shape index (κ2) is 6.59. The Morgan fingerprint density at radius 3 is 3.10 bits per heavy atom. The van der Waals surface area contributed by atoms with Crippen molar-refractivity contribution in [2.45, 2.75) is 25.8 Å². The molecule has 7 nitrogen and oxygen atoms in total. The van der Waals surface area contributed by atoms with Crippen molar-refractivity contribution >= 4 is 11.3 Å². The molecule has 0 amide bonds. The number of aryl methyl sites for hydroxylation is 2. The molecule has 0 bridgehead atoms. The largest absolute Gasteiger partial charge is 0.396 e. The molecule has 0 aromatic carbocycles. The van der Waals surface area contributed by atoms with Gasteiger partial charge in [0.15, 0.2) is 0 Å². The van der Waals surface area contributed by atoms with Crippen LogP contribution in [0, 0.1) is 0 Å². The van der Waals surface area contributed by atoms with Gasteiger partial charge in [-0.15, -0.1) is 16.4 Å². The van der Waals surface area contributed by atoms with Crippen LogP contribution in [0.15, 0.2) is 28.2 Å². The third-order valence-electron chi connectivity index (χ3n) is 2.94. The Morgan fingerprint density at radius 1 is 1.33 bits per heavy atom. The topological polar surface area (TPSA) is 89.9 Å². The molecule has 1 N–H and O–H groups in total. The Hall–Kier alpha value is -2.06. The first kappa shape index (κ1) is 13.9. The van der Waals surface area contributed by atoms with E-state index in [1.807, 2.05) is 23.7 Å². The van der Waals surface area contributed by atoms with E-state index in [2.05, 4.69) is 20.5 Å². The minimum atomic E-state index is 0.0895. The third-order valence-corrected chi connectivity index (χ3v) is 3.81. The maximum absolute atomic E-state index is 8.83. The van der Waals surface area contributed by atoms with E-state index < -0.39 is 0 Å². The summed E-state index contributed by atoms with van der Waals surface area (Å²) in [6.45, 7) is 0.821. The summed E-state index contributed by atoms with van der Waals surface area (Å²) in [6, 6.07) is 3.93. The van der Waals surface area contributed by atoms with Crippen molar-refractivity contribution in [2.24, 2.45) is 0 Å². The Labute approximate surface area is 125 Å². The summed E-state index contributed by atoms with van der Waals surface area (Å²) in [4.78, 5) is 5.38. The smallest absolute Gasteiger partial charge is 0.227 e. The van der Waals surface area contributed by atoms with E-state index in [-0.39, 0.29) is 6.61 Å². The summed E-state index contributed by atoms with van der Waals surface area (Å²) in [5.41, 5.74) is 0.801. The first-order chi connectivity index (χ1) is 10.3. The van der Waals surface area contributed by atoms with Crippen molar-refractivity contribution in [3.8, 4) is 10.7 Å². The summed E-state index contributed by atoms with van der Waals surface area (Å²) in [5.74, 6) is 1.28. The number of thiophene rings is 1. The molecule has 3 rings (SSSR count). The number of aliphatic hydroxyl groups is 1. The first-order valence-electron chi connectivity index (χ1n) is 6.71. The zero-order chi connectivity index (χ0) is 14.5. The molecule has 0 unspecified atom stereocenters. The quantitative estimate of drug-likeness (QED) is 0.712. The van der Waals surface area contributed by atoms with E-state index in [4.69, 9.17) is 9.63 Å². The molecule has 110 valence electrons. The molecule has 3 aromatic rings. The molecule has 0 saturated carbocycles. The van der Waals surface area contributed by atoms with Gasteiger partial charge in [0.1, 0.15) is 0 Å². The van der Waals surface area contributed by atoms with Gasteiger partial charge in [-0.2, -0.15) is 4.98 Å². The second-order valence-electron chi connectivity index (χ2n) is 4.54. The van der Waals surface area contributed by atoms with E-state index in [1.165, 1.54) is 0 Å². The fourth-order valence-corrected chi connectivity index (χ4v) is 2.58. The molecular weight excluding hydrogens is 290 g/mol. The van der Waals surface area contributed by atoms with E-state index >= 15 is 0 Å². The Morgan fingerprint density at radius 2 is 2.29 bits per heavy atom. The molecule has 3 heterocycles. The maximum atomic E-state index is 8.83. The first-order valence-corrected chi connectivity index (χ1v) is 7.59. The van der Waals surface area contributed by atoms with Gasteiger partial charge in [-0.3, -0.25) is 4.68 Å². The molecule has 0 aliphatic rings. The molecule has 21 heavy (non-hydrogen) atoms. The highest BCUT2D eigenvalue weighted by Crippen LogP contribution is 2.21. The molecule has 8 heteroatoms. The lowest BCUT2D eigenvalue weighted by Gasteiger charge is -1.96. The average molecular weight is 305 g/mol. The molecule has 0 aliphatic heterocycles. The normalized spacial score (nSPS) is 11.1. The lowest BCUT2D eigenvalue weighted by molar-refractivity contribution is 0.298. The number of rotatable bonds is 7. The Bertz CT molecular complexity index is 676. The molecule has 0 spiro atoms. The van der Waals surface area contributed by atoms with E-state index in [9.17, 15) is 0 Å². The van der Waals surface area contributed by atoms with E-state index in [0.29, 0.717) is 24.6 Å². The van der Waals surface area contributed by atoms with Crippen LogP contribution in [-0.4, -0.2) is 36.8 Å². The monoisotopic (exact) mass is 305 g/mol. The molecule has 0 atom stereocenters. The number of aromatic nitrogens is 5. The summed E-state index contributed by atoms with van der Waals surface area (Å²) >= 11 is 1.59. The number of nitrogens with zero attached hydrogens (tertiary/aromatic N) is 5. The van der Waals surface area contributed by atoms with Crippen molar-refractivity contribution in [1.29, 1.82) is 0 Å². The molecule has 0 aliphatic carbocycles.